The second-order valence-electron chi connectivity index (χ2n) is 5.87. The Morgan fingerprint density at radius 1 is 1.23 bits per heavy atom. The SMILES string of the molecule is C[C@H](NC(=O)c1ccc(OCC2CCCCC2)cc1)C(=O)O. The van der Waals surface area contributed by atoms with Gasteiger partial charge in [-0.05, 0) is 49.9 Å². The predicted octanol–water partition coefficient (Wildman–Crippen LogP) is 2.85. The maximum atomic E-state index is 11.9. The van der Waals surface area contributed by atoms with E-state index in [-0.39, 0.29) is 0 Å². The average Bonchev–Trinajstić information content (AvgIpc) is 2.54. The number of benzene rings is 1. The standard InChI is InChI=1S/C17H23NO4/c1-12(17(20)21)18-16(19)14-7-9-15(10-8-14)22-11-13-5-3-2-4-6-13/h7-10,12-13H,2-6,11H2,1H3,(H,18,19)(H,20,21)/t12-/m0/s1. The Bertz CT molecular complexity index is 506. The van der Waals surface area contributed by atoms with Crippen LogP contribution in [-0.4, -0.2) is 29.6 Å². The van der Waals surface area contributed by atoms with E-state index in [0.717, 1.165) is 12.4 Å². The van der Waals surface area contributed by atoms with Crippen LogP contribution in [0.3, 0.4) is 0 Å². The zero-order valence-electron chi connectivity index (χ0n) is 12.9. The highest BCUT2D eigenvalue weighted by Crippen LogP contribution is 2.24. The molecule has 1 atom stereocenters. The van der Waals surface area contributed by atoms with E-state index in [1.165, 1.54) is 39.0 Å². The van der Waals surface area contributed by atoms with E-state index in [9.17, 15) is 9.59 Å². The maximum Gasteiger partial charge on any atom is 0.325 e. The zero-order chi connectivity index (χ0) is 15.9. The van der Waals surface area contributed by atoms with Gasteiger partial charge < -0.3 is 15.2 Å². The zero-order valence-corrected chi connectivity index (χ0v) is 12.9. The van der Waals surface area contributed by atoms with Crippen LogP contribution in [0.5, 0.6) is 5.75 Å². The first-order chi connectivity index (χ1) is 10.6. The van der Waals surface area contributed by atoms with Gasteiger partial charge in [-0.1, -0.05) is 19.3 Å². The number of rotatable bonds is 6. The van der Waals surface area contributed by atoms with Gasteiger partial charge in [0, 0.05) is 5.56 Å². The molecule has 0 bridgehead atoms. The summed E-state index contributed by atoms with van der Waals surface area (Å²) in [6, 6.07) is 5.90. The Kier molecular flexibility index (Phi) is 5.81. The summed E-state index contributed by atoms with van der Waals surface area (Å²) >= 11 is 0. The number of carboxylic acid groups (broad SMARTS) is 1. The molecule has 120 valence electrons. The van der Waals surface area contributed by atoms with Gasteiger partial charge >= 0.3 is 5.97 Å². The number of hydrogen-bond donors (Lipinski definition) is 2. The number of nitrogens with one attached hydrogen (secondary N) is 1. The first-order valence-corrected chi connectivity index (χ1v) is 7.83. The van der Waals surface area contributed by atoms with Crippen molar-refractivity contribution >= 4 is 11.9 Å². The second kappa shape index (κ2) is 7.82. The van der Waals surface area contributed by atoms with E-state index in [0.29, 0.717) is 11.5 Å². The number of carbonyl (C=O) groups is 2. The lowest BCUT2D eigenvalue weighted by molar-refractivity contribution is -0.138. The van der Waals surface area contributed by atoms with Gasteiger partial charge in [-0.15, -0.1) is 0 Å². The van der Waals surface area contributed by atoms with E-state index in [2.05, 4.69) is 5.32 Å². The van der Waals surface area contributed by atoms with Crippen LogP contribution in [0.25, 0.3) is 0 Å². The maximum absolute atomic E-state index is 11.9. The van der Waals surface area contributed by atoms with Crippen molar-refractivity contribution in [2.75, 3.05) is 6.61 Å². The lowest BCUT2D eigenvalue weighted by Gasteiger charge is -2.21. The molecule has 0 spiro atoms. The molecule has 0 aliphatic heterocycles. The lowest BCUT2D eigenvalue weighted by atomic mass is 9.90. The smallest absolute Gasteiger partial charge is 0.325 e. The molecule has 0 radical (unpaired) electrons. The topological polar surface area (TPSA) is 75.6 Å². The van der Waals surface area contributed by atoms with Crippen molar-refractivity contribution in [1.29, 1.82) is 0 Å². The molecule has 22 heavy (non-hydrogen) atoms. The van der Waals surface area contributed by atoms with Crippen molar-refractivity contribution in [2.24, 2.45) is 5.92 Å². The Morgan fingerprint density at radius 2 is 1.86 bits per heavy atom. The van der Waals surface area contributed by atoms with Gasteiger partial charge in [0.25, 0.3) is 5.91 Å². The number of amides is 1. The van der Waals surface area contributed by atoms with Gasteiger partial charge in [-0.25, -0.2) is 0 Å². The van der Waals surface area contributed by atoms with Gasteiger partial charge in [-0.3, -0.25) is 9.59 Å². The third-order valence-electron chi connectivity index (χ3n) is 4.04. The molecule has 5 heteroatoms. The largest absolute Gasteiger partial charge is 0.493 e. The summed E-state index contributed by atoms with van der Waals surface area (Å²) in [6.45, 7) is 2.16. The van der Waals surface area contributed by atoms with Crippen LogP contribution in [0.1, 0.15) is 49.4 Å². The first kappa shape index (κ1) is 16.3. The van der Waals surface area contributed by atoms with E-state index in [4.69, 9.17) is 9.84 Å². The molecule has 1 aliphatic rings. The molecular weight excluding hydrogens is 282 g/mol. The van der Waals surface area contributed by atoms with Gasteiger partial charge in [-0.2, -0.15) is 0 Å². The van der Waals surface area contributed by atoms with E-state index < -0.39 is 17.9 Å². The van der Waals surface area contributed by atoms with Crippen LogP contribution in [0.2, 0.25) is 0 Å². The predicted molar refractivity (Wildman–Crippen MR) is 83.1 cm³/mol. The van der Waals surface area contributed by atoms with Crippen molar-refractivity contribution < 1.29 is 19.4 Å². The molecule has 1 aromatic carbocycles. The van der Waals surface area contributed by atoms with Crippen LogP contribution in [0, 0.1) is 5.92 Å². The summed E-state index contributed by atoms with van der Waals surface area (Å²) < 4.78 is 5.77. The molecule has 1 saturated carbocycles. The van der Waals surface area contributed by atoms with Crippen LogP contribution in [0.4, 0.5) is 0 Å². The van der Waals surface area contributed by atoms with E-state index in [1.54, 1.807) is 24.3 Å². The summed E-state index contributed by atoms with van der Waals surface area (Å²) in [7, 11) is 0. The highest BCUT2D eigenvalue weighted by Gasteiger charge is 2.16. The molecule has 1 aromatic rings. The minimum absolute atomic E-state index is 0.395. The van der Waals surface area contributed by atoms with Crippen LogP contribution >= 0.6 is 0 Å². The summed E-state index contributed by atoms with van der Waals surface area (Å²) in [5, 5.41) is 11.2. The van der Waals surface area contributed by atoms with Crippen molar-refractivity contribution in [3.05, 3.63) is 29.8 Å². The highest BCUT2D eigenvalue weighted by atomic mass is 16.5. The number of carbonyl (C=O) groups excluding carboxylic acids is 1. The molecular formula is C17H23NO4. The van der Waals surface area contributed by atoms with Crippen molar-refractivity contribution in [2.45, 2.75) is 45.1 Å². The molecule has 0 heterocycles. The summed E-state index contributed by atoms with van der Waals surface area (Å²) in [5.41, 5.74) is 0.429. The highest BCUT2D eigenvalue weighted by molar-refractivity contribution is 5.96. The Hall–Kier alpha value is -2.04. The van der Waals surface area contributed by atoms with Crippen molar-refractivity contribution in [3.8, 4) is 5.75 Å². The molecule has 1 fully saturated rings. The fraction of sp³-hybridized carbons (Fsp3) is 0.529. The number of carboxylic acids is 1. The minimum Gasteiger partial charge on any atom is -0.493 e. The van der Waals surface area contributed by atoms with Crippen LogP contribution < -0.4 is 10.1 Å². The molecule has 2 N–H and O–H groups in total. The fourth-order valence-electron chi connectivity index (χ4n) is 2.61. The molecule has 0 aromatic heterocycles. The second-order valence-corrected chi connectivity index (χ2v) is 5.87. The third-order valence-corrected chi connectivity index (χ3v) is 4.04. The van der Waals surface area contributed by atoms with Gasteiger partial charge in [0.1, 0.15) is 11.8 Å². The summed E-state index contributed by atoms with van der Waals surface area (Å²) in [5.74, 6) is -0.0731. The average molecular weight is 305 g/mol. The van der Waals surface area contributed by atoms with Gasteiger partial charge in [0.15, 0.2) is 0 Å². The van der Waals surface area contributed by atoms with Gasteiger partial charge in [0.2, 0.25) is 0 Å². The van der Waals surface area contributed by atoms with Crippen molar-refractivity contribution in [3.63, 3.8) is 0 Å². The first-order valence-electron chi connectivity index (χ1n) is 7.83. The Morgan fingerprint density at radius 3 is 2.45 bits per heavy atom. The molecule has 1 aliphatic carbocycles. The quantitative estimate of drug-likeness (QED) is 0.847. The monoisotopic (exact) mass is 305 g/mol. The summed E-state index contributed by atoms with van der Waals surface area (Å²) in [4.78, 5) is 22.6. The molecule has 2 rings (SSSR count). The molecule has 0 saturated heterocycles. The lowest BCUT2D eigenvalue weighted by Crippen LogP contribution is -2.38. The fourth-order valence-corrected chi connectivity index (χ4v) is 2.61. The minimum atomic E-state index is -1.05. The Balaban J connectivity index is 1.84. The number of ether oxygens (including phenoxy) is 1. The molecule has 1 amide bonds. The van der Waals surface area contributed by atoms with Crippen LogP contribution in [-0.2, 0) is 4.79 Å². The van der Waals surface area contributed by atoms with Gasteiger partial charge in [0.05, 0.1) is 6.61 Å². The molecule has 5 nitrogen and oxygen atoms in total. The van der Waals surface area contributed by atoms with E-state index >= 15 is 0 Å². The van der Waals surface area contributed by atoms with Crippen molar-refractivity contribution in [1.82, 2.24) is 5.32 Å². The number of aliphatic carboxylic acids is 1. The molecule has 0 unspecified atom stereocenters. The third kappa shape index (κ3) is 4.76. The van der Waals surface area contributed by atoms with E-state index in [1.807, 2.05) is 0 Å². The Labute approximate surface area is 130 Å². The van der Waals surface area contributed by atoms with Crippen LogP contribution in [0.15, 0.2) is 24.3 Å². The number of hydrogen-bond acceptors (Lipinski definition) is 3. The normalized spacial score (nSPS) is 16.8. The summed E-state index contributed by atoms with van der Waals surface area (Å²) in [6.07, 6.45) is 6.36.